The molecule has 25 heavy (non-hydrogen) atoms. The smallest absolute Gasteiger partial charge is 0.264 e. The van der Waals surface area contributed by atoms with Crippen molar-refractivity contribution >= 4 is 33.3 Å². The Morgan fingerprint density at radius 3 is 2.72 bits per heavy atom. The predicted molar refractivity (Wildman–Crippen MR) is 97.7 cm³/mol. The first-order chi connectivity index (χ1) is 11.9. The van der Waals surface area contributed by atoms with E-state index in [0.717, 1.165) is 17.3 Å². The number of ketones is 1. The molecule has 1 aliphatic rings. The fourth-order valence-corrected chi connectivity index (χ4v) is 3.50. The summed E-state index contributed by atoms with van der Waals surface area (Å²) in [6.45, 7) is 4.30. The molecule has 0 saturated carbocycles. The summed E-state index contributed by atoms with van der Waals surface area (Å²) in [5.41, 5.74) is -0.753. The molecular weight excluding hydrogens is 386 g/mol. The molecule has 1 aliphatic heterocycles. The maximum absolute atomic E-state index is 13.0. The van der Waals surface area contributed by atoms with Gasteiger partial charge in [-0.2, -0.15) is 0 Å². The third kappa shape index (κ3) is 3.16. The summed E-state index contributed by atoms with van der Waals surface area (Å²) in [5.74, 6) is -0.0824. The molecule has 0 spiro atoms. The van der Waals surface area contributed by atoms with E-state index >= 15 is 0 Å². The average Bonchev–Trinajstić information content (AvgIpc) is 3.09. The van der Waals surface area contributed by atoms with Crippen LogP contribution < -0.4 is 4.90 Å². The lowest BCUT2D eigenvalue weighted by Crippen LogP contribution is -2.42. The highest BCUT2D eigenvalue weighted by Crippen LogP contribution is 2.44. The summed E-state index contributed by atoms with van der Waals surface area (Å²) in [4.78, 5) is 27.1. The van der Waals surface area contributed by atoms with Crippen molar-refractivity contribution in [3.63, 3.8) is 0 Å². The Bertz CT molecular complexity index is 829. The number of amides is 1. The van der Waals surface area contributed by atoms with E-state index in [4.69, 9.17) is 4.42 Å². The first-order valence-electron chi connectivity index (χ1n) is 8.31. The Balaban J connectivity index is 1.98. The monoisotopic (exact) mass is 405 g/mol. The van der Waals surface area contributed by atoms with Gasteiger partial charge in [-0.3, -0.25) is 9.59 Å². The number of hydrogen-bond acceptors (Lipinski definition) is 4. The summed E-state index contributed by atoms with van der Waals surface area (Å²) in [5, 5.41) is 11.2. The van der Waals surface area contributed by atoms with E-state index in [1.807, 2.05) is 13.0 Å². The fourth-order valence-electron chi connectivity index (χ4n) is 3.14. The summed E-state index contributed by atoms with van der Waals surface area (Å²) >= 11 is 3.38. The summed E-state index contributed by atoms with van der Waals surface area (Å²) in [6, 6.07) is 8.59. The van der Waals surface area contributed by atoms with Gasteiger partial charge in [0.25, 0.3) is 5.91 Å². The van der Waals surface area contributed by atoms with E-state index in [9.17, 15) is 14.7 Å². The van der Waals surface area contributed by atoms with Gasteiger partial charge in [-0.05, 0) is 43.7 Å². The molecule has 1 atom stereocenters. The second kappa shape index (κ2) is 6.77. The number of aliphatic hydroxyl groups is 1. The van der Waals surface area contributed by atoms with Gasteiger partial charge in [0.2, 0.25) is 5.78 Å². The number of rotatable bonds is 6. The number of unbranched alkanes of at least 4 members (excludes halogenated alkanes) is 1. The van der Waals surface area contributed by atoms with Gasteiger partial charge >= 0.3 is 0 Å². The zero-order chi connectivity index (χ0) is 18.2. The van der Waals surface area contributed by atoms with Crippen LogP contribution in [0.1, 0.15) is 48.1 Å². The molecule has 0 bridgehead atoms. The lowest BCUT2D eigenvalue weighted by molar-refractivity contribution is -0.135. The van der Waals surface area contributed by atoms with Crippen LogP contribution in [0.3, 0.4) is 0 Å². The van der Waals surface area contributed by atoms with Gasteiger partial charge in [0, 0.05) is 16.6 Å². The molecule has 0 fully saturated rings. The van der Waals surface area contributed by atoms with Crippen LogP contribution in [0.25, 0.3) is 0 Å². The van der Waals surface area contributed by atoms with Gasteiger partial charge < -0.3 is 14.4 Å². The zero-order valence-corrected chi connectivity index (χ0v) is 15.8. The second-order valence-electron chi connectivity index (χ2n) is 6.34. The molecule has 132 valence electrons. The van der Waals surface area contributed by atoms with Crippen molar-refractivity contribution in [1.29, 1.82) is 0 Å². The van der Waals surface area contributed by atoms with E-state index in [0.29, 0.717) is 23.6 Å². The average molecular weight is 406 g/mol. The molecule has 1 aromatic carbocycles. The largest absolute Gasteiger partial charge is 0.458 e. The molecule has 0 radical (unpaired) electrons. The Labute approximate surface area is 154 Å². The maximum atomic E-state index is 13.0. The number of aryl methyl sites for hydroxylation is 1. The van der Waals surface area contributed by atoms with Crippen LogP contribution in [0.5, 0.6) is 0 Å². The lowest BCUT2D eigenvalue weighted by Gasteiger charge is -2.22. The molecule has 1 amide bonds. The Morgan fingerprint density at radius 1 is 1.32 bits per heavy atom. The van der Waals surface area contributed by atoms with Crippen molar-refractivity contribution in [2.45, 2.75) is 38.7 Å². The number of carbonyl (C=O) groups is 2. The van der Waals surface area contributed by atoms with E-state index in [1.54, 1.807) is 36.1 Å². The van der Waals surface area contributed by atoms with E-state index < -0.39 is 17.3 Å². The van der Waals surface area contributed by atoms with Gasteiger partial charge in [-0.1, -0.05) is 29.3 Å². The van der Waals surface area contributed by atoms with Gasteiger partial charge in [0.15, 0.2) is 11.4 Å². The van der Waals surface area contributed by atoms with Crippen molar-refractivity contribution in [3.05, 3.63) is 51.9 Å². The van der Waals surface area contributed by atoms with Crippen molar-refractivity contribution in [1.82, 2.24) is 0 Å². The molecule has 2 heterocycles. The van der Waals surface area contributed by atoms with Crippen LogP contribution in [0.15, 0.2) is 39.2 Å². The first-order valence-corrected chi connectivity index (χ1v) is 9.10. The summed E-state index contributed by atoms with van der Waals surface area (Å²) in [7, 11) is 0. The summed E-state index contributed by atoms with van der Waals surface area (Å²) in [6.07, 6.45) is 1.41. The van der Waals surface area contributed by atoms with Crippen molar-refractivity contribution in [2.75, 3.05) is 11.4 Å². The van der Waals surface area contributed by atoms with Gasteiger partial charge in [0.1, 0.15) is 5.76 Å². The highest BCUT2D eigenvalue weighted by Gasteiger charge is 2.51. The number of anilines is 1. The highest BCUT2D eigenvalue weighted by molar-refractivity contribution is 9.10. The Morgan fingerprint density at radius 2 is 2.08 bits per heavy atom. The number of fused-ring (bicyclic) bond motifs is 1. The van der Waals surface area contributed by atoms with E-state index in [-0.39, 0.29) is 12.2 Å². The number of carbonyl (C=O) groups excluding carboxylic acids is 2. The molecule has 1 aromatic heterocycles. The molecule has 6 heteroatoms. The van der Waals surface area contributed by atoms with Crippen LogP contribution in [0.4, 0.5) is 5.69 Å². The third-order valence-electron chi connectivity index (χ3n) is 4.46. The van der Waals surface area contributed by atoms with Gasteiger partial charge in [-0.25, -0.2) is 0 Å². The van der Waals surface area contributed by atoms with Crippen molar-refractivity contribution < 1.29 is 19.1 Å². The van der Waals surface area contributed by atoms with Crippen molar-refractivity contribution in [3.8, 4) is 0 Å². The van der Waals surface area contributed by atoms with Crippen LogP contribution in [-0.2, 0) is 10.4 Å². The normalized spacial score (nSPS) is 19.4. The number of hydrogen-bond donors (Lipinski definition) is 1. The van der Waals surface area contributed by atoms with E-state index in [2.05, 4.69) is 15.9 Å². The SMILES string of the molecule is CCCCN1C(=O)[C@@](O)(CC(=O)c2ccc(C)o2)c2cc(Br)ccc21. The lowest BCUT2D eigenvalue weighted by atomic mass is 9.89. The minimum absolute atomic E-state index is 0.155. The maximum Gasteiger partial charge on any atom is 0.264 e. The van der Waals surface area contributed by atoms with Crippen molar-refractivity contribution in [2.24, 2.45) is 0 Å². The number of nitrogens with zero attached hydrogens (tertiary/aromatic N) is 1. The van der Waals surface area contributed by atoms with Crippen LogP contribution in [-0.4, -0.2) is 23.3 Å². The Hall–Kier alpha value is -1.92. The summed E-state index contributed by atoms with van der Waals surface area (Å²) < 4.78 is 6.09. The minimum atomic E-state index is -1.87. The Kier molecular flexibility index (Phi) is 4.84. The molecule has 2 aromatic rings. The zero-order valence-electron chi connectivity index (χ0n) is 14.2. The minimum Gasteiger partial charge on any atom is -0.458 e. The number of halogens is 1. The standard InChI is InChI=1S/C19H20BrNO4/c1-3-4-9-21-15-7-6-13(20)10-14(15)19(24,18(21)23)11-16(22)17-8-5-12(2)25-17/h5-8,10,24H,3-4,9,11H2,1-2H3/t19-/m1/s1. The topological polar surface area (TPSA) is 70.8 Å². The molecule has 0 saturated heterocycles. The van der Waals surface area contributed by atoms with Gasteiger partial charge in [-0.15, -0.1) is 0 Å². The number of furan rings is 1. The van der Waals surface area contributed by atoms with Crippen LogP contribution in [0, 0.1) is 6.92 Å². The number of benzene rings is 1. The third-order valence-corrected chi connectivity index (χ3v) is 4.95. The second-order valence-corrected chi connectivity index (χ2v) is 7.26. The fraction of sp³-hybridized carbons (Fsp3) is 0.368. The van der Waals surface area contributed by atoms with E-state index in [1.165, 1.54) is 0 Å². The number of Topliss-reactive ketones (excluding diaryl/α,β-unsaturated/α-hetero) is 1. The predicted octanol–water partition coefficient (Wildman–Crippen LogP) is 3.96. The molecule has 0 aliphatic carbocycles. The van der Waals surface area contributed by atoms with Crippen LogP contribution >= 0.6 is 15.9 Å². The molecular formula is C19H20BrNO4. The molecule has 1 N–H and O–H groups in total. The highest BCUT2D eigenvalue weighted by atomic mass is 79.9. The molecule has 3 rings (SSSR count). The first kappa shape index (κ1) is 17.9. The van der Waals surface area contributed by atoms with Crippen LogP contribution in [0.2, 0.25) is 0 Å². The quantitative estimate of drug-likeness (QED) is 0.738. The molecule has 5 nitrogen and oxygen atoms in total. The molecule has 0 unspecified atom stereocenters. The van der Waals surface area contributed by atoms with Gasteiger partial charge in [0.05, 0.1) is 12.1 Å².